The van der Waals surface area contributed by atoms with Crippen molar-refractivity contribution in [2.75, 3.05) is 0 Å². The minimum absolute atomic E-state index is 0.0241. The molecule has 0 spiro atoms. The molecule has 3 heterocycles. The maximum absolute atomic E-state index is 12.7. The zero-order chi connectivity index (χ0) is 14.7. The average Bonchev–Trinajstić information content (AvgIpc) is 3.27. The number of carbonyl (C=O) groups excluding carboxylic acids is 2. The van der Waals surface area contributed by atoms with Crippen molar-refractivity contribution in [2.24, 2.45) is 0 Å². The first-order valence-electron chi connectivity index (χ1n) is 6.39. The van der Waals surface area contributed by atoms with Crippen LogP contribution in [0.25, 0.3) is 0 Å². The summed E-state index contributed by atoms with van der Waals surface area (Å²) >= 11 is 4.54. The highest BCUT2D eigenvalue weighted by molar-refractivity contribution is 7.08. The van der Waals surface area contributed by atoms with Gasteiger partial charge in [0, 0.05) is 28.3 Å². The van der Waals surface area contributed by atoms with Crippen molar-refractivity contribution in [3.63, 3.8) is 0 Å². The molecule has 0 aliphatic rings. The van der Waals surface area contributed by atoms with E-state index in [1.54, 1.807) is 11.3 Å². The fourth-order valence-electron chi connectivity index (χ4n) is 2.17. The van der Waals surface area contributed by atoms with Gasteiger partial charge in [-0.25, -0.2) is 0 Å². The van der Waals surface area contributed by atoms with Gasteiger partial charge in [0.05, 0.1) is 5.92 Å². The summed E-state index contributed by atoms with van der Waals surface area (Å²) < 4.78 is 0. The molecule has 3 aromatic rings. The molecule has 3 rings (SSSR count). The molecule has 0 fully saturated rings. The second-order valence-corrected chi connectivity index (χ2v) is 6.96. The van der Waals surface area contributed by atoms with Crippen LogP contribution in [0.3, 0.4) is 0 Å². The lowest BCUT2D eigenvalue weighted by Gasteiger charge is -2.13. The van der Waals surface area contributed by atoms with Crippen molar-refractivity contribution in [2.45, 2.75) is 12.3 Å². The average molecular weight is 332 g/mol. The number of rotatable bonds is 6. The van der Waals surface area contributed by atoms with E-state index >= 15 is 0 Å². The van der Waals surface area contributed by atoms with Gasteiger partial charge < -0.3 is 0 Å². The monoisotopic (exact) mass is 332 g/mol. The number of hydrogen-bond donors (Lipinski definition) is 0. The summed E-state index contributed by atoms with van der Waals surface area (Å²) in [7, 11) is 0. The van der Waals surface area contributed by atoms with E-state index < -0.39 is 5.92 Å². The van der Waals surface area contributed by atoms with Gasteiger partial charge in [-0.3, -0.25) is 9.59 Å². The summed E-state index contributed by atoms with van der Waals surface area (Å²) in [6, 6.07) is 5.56. The first-order chi connectivity index (χ1) is 10.3. The Morgan fingerprint density at radius 1 is 0.857 bits per heavy atom. The van der Waals surface area contributed by atoms with Gasteiger partial charge in [-0.2, -0.15) is 34.0 Å². The summed E-state index contributed by atoms with van der Waals surface area (Å²) in [5.74, 6) is -0.340. The van der Waals surface area contributed by atoms with Gasteiger partial charge in [0.15, 0.2) is 11.6 Å². The van der Waals surface area contributed by atoms with Gasteiger partial charge in [0.25, 0.3) is 0 Å². The SMILES string of the molecule is O=C(CC(C(=O)c1ccsc1)c1ccsc1)c1ccsc1. The van der Waals surface area contributed by atoms with Gasteiger partial charge in [0.1, 0.15) is 0 Å². The normalized spacial score (nSPS) is 12.2. The van der Waals surface area contributed by atoms with Crippen molar-refractivity contribution >= 4 is 45.6 Å². The molecule has 5 heteroatoms. The summed E-state index contributed by atoms with van der Waals surface area (Å²) in [4.78, 5) is 25.0. The molecule has 0 amide bonds. The molecule has 106 valence electrons. The van der Waals surface area contributed by atoms with Crippen LogP contribution in [-0.2, 0) is 0 Å². The molecule has 2 nitrogen and oxygen atoms in total. The van der Waals surface area contributed by atoms with Crippen molar-refractivity contribution in [3.05, 3.63) is 67.2 Å². The lowest BCUT2D eigenvalue weighted by molar-refractivity contribution is 0.0894. The minimum atomic E-state index is -0.391. The molecular formula is C16H12O2S3. The zero-order valence-corrected chi connectivity index (χ0v) is 13.5. The Morgan fingerprint density at radius 2 is 1.48 bits per heavy atom. The Morgan fingerprint density at radius 3 is 2.05 bits per heavy atom. The highest BCUT2D eigenvalue weighted by Gasteiger charge is 2.26. The number of hydrogen-bond acceptors (Lipinski definition) is 5. The van der Waals surface area contributed by atoms with Crippen LogP contribution in [0.4, 0.5) is 0 Å². The van der Waals surface area contributed by atoms with E-state index in [9.17, 15) is 9.59 Å². The van der Waals surface area contributed by atoms with Gasteiger partial charge in [-0.05, 0) is 45.3 Å². The second kappa shape index (κ2) is 6.47. The highest BCUT2D eigenvalue weighted by atomic mass is 32.1. The van der Waals surface area contributed by atoms with Crippen LogP contribution in [0.2, 0.25) is 0 Å². The van der Waals surface area contributed by atoms with Crippen molar-refractivity contribution in [1.29, 1.82) is 0 Å². The van der Waals surface area contributed by atoms with E-state index in [1.807, 2.05) is 50.5 Å². The maximum atomic E-state index is 12.7. The summed E-state index contributed by atoms with van der Waals surface area (Å²) in [6.07, 6.45) is 0.224. The molecular weight excluding hydrogens is 320 g/mol. The van der Waals surface area contributed by atoms with Crippen molar-refractivity contribution in [1.82, 2.24) is 0 Å². The molecule has 1 unspecified atom stereocenters. The van der Waals surface area contributed by atoms with Crippen LogP contribution in [0.1, 0.15) is 38.6 Å². The maximum Gasteiger partial charge on any atom is 0.171 e. The van der Waals surface area contributed by atoms with Crippen LogP contribution in [0.15, 0.2) is 50.5 Å². The van der Waals surface area contributed by atoms with Crippen LogP contribution in [-0.4, -0.2) is 11.6 Å². The fourth-order valence-corrected chi connectivity index (χ4v) is 4.19. The first kappa shape index (κ1) is 14.4. The molecule has 0 aliphatic heterocycles. The Balaban J connectivity index is 1.87. The van der Waals surface area contributed by atoms with Crippen LogP contribution in [0, 0.1) is 0 Å². The van der Waals surface area contributed by atoms with Crippen molar-refractivity contribution in [3.8, 4) is 0 Å². The number of thiophene rings is 3. The van der Waals surface area contributed by atoms with Crippen LogP contribution in [0.5, 0.6) is 0 Å². The van der Waals surface area contributed by atoms with E-state index in [1.165, 1.54) is 22.7 Å². The molecule has 0 N–H and O–H groups in total. The van der Waals surface area contributed by atoms with E-state index in [-0.39, 0.29) is 18.0 Å². The third kappa shape index (κ3) is 3.20. The summed E-state index contributed by atoms with van der Waals surface area (Å²) in [5, 5.41) is 11.3. The zero-order valence-electron chi connectivity index (χ0n) is 11.0. The van der Waals surface area contributed by atoms with E-state index in [0.717, 1.165) is 5.56 Å². The Labute approximate surface area is 134 Å². The molecule has 21 heavy (non-hydrogen) atoms. The third-order valence-electron chi connectivity index (χ3n) is 3.30. The van der Waals surface area contributed by atoms with Gasteiger partial charge in [-0.1, -0.05) is 0 Å². The smallest absolute Gasteiger partial charge is 0.171 e. The van der Waals surface area contributed by atoms with E-state index in [2.05, 4.69) is 0 Å². The third-order valence-corrected chi connectivity index (χ3v) is 5.37. The topological polar surface area (TPSA) is 34.1 Å². The largest absolute Gasteiger partial charge is 0.294 e. The van der Waals surface area contributed by atoms with Crippen molar-refractivity contribution < 1.29 is 9.59 Å². The number of Topliss-reactive ketones (excluding diaryl/α,β-unsaturated/α-hetero) is 2. The number of ketones is 2. The second-order valence-electron chi connectivity index (χ2n) is 4.62. The highest BCUT2D eigenvalue weighted by Crippen LogP contribution is 2.29. The number of carbonyl (C=O) groups is 2. The lowest BCUT2D eigenvalue weighted by Crippen LogP contribution is -2.16. The minimum Gasteiger partial charge on any atom is -0.294 e. The molecule has 0 aliphatic carbocycles. The molecule has 0 aromatic carbocycles. The molecule has 0 saturated carbocycles. The van der Waals surface area contributed by atoms with Gasteiger partial charge in [0.2, 0.25) is 0 Å². The quantitative estimate of drug-likeness (QED) is 0.588. The van der Waals surface area contributed by atoms with Crippen LogP contribution < -0.4 is 0 Å². The lowest BCUT2D eigenvalue weighted by atomic mass is 9.88. The molecule has 1 atom stereocenters. The molecule has 0 saturated heterocycles. The standard InChI is InChI=1S/C16H12O2S3/c17-15(12-2-5-20-9-12)7-14(11-1-4-19-8-11)16(18)13-3-6-21-10-13/h1-6,8-10,14H,7H2. The first-order valence-corrected chi connectivity index (χ1v) is 9.22. The Hall–Kier alpha value is -1.56. The van der Waals surface area contributed by atoms with Gasteiger partial charge >= 0.3 is 0 Å². The fraction of sp³-hybridized carbons (Fsp3) is 0.125. The Kier molecular flexibility index (Phi) is 4.43. The molecule has 0 bridgehead atoms. The summed E-state index contributed by atoms with van der Waals surface area (Å²) in [6.45, 7) is 0. The van der Waals surface area contributed by atoms with Gasteiger partial charge in [-0.15, -0.1) is 0 Å². The van der Waals surface area contributed by atoms with E-state index in [0.29, 0.717) is 11.1 Å². The summed E-state index contributed by atoms with van der Waals surface area (Å²) in [5.41, 5.74) is 2.31. The van der Waals surface area contributed by atoms with E-state index in [4.69, 9.17) is 0 Å². The van der Waals surface area contributed by atoms with Crippen LogP contribution >= 0.6 is 34.0 Å². The Bertz CT molecular complexity index is 710. The predicted octanol–water partition coefficient (Wildman–Crippen LogP) is 5.11. The predicted molar refractivity (Wildman–Crippen MR) is 89.0 cm³/mol. The molecule has 3 aromatic heterocycles. The molecule has 0 radical (unpaired) electrons.